The smallest absolute Gasteiger partial charge is 0.308 e. The molecule has 19 heavy (non-hydrogen) atoms. The second-order valence-corrected chi connectivity index (χ2v) is 4.85. The first-order valence-electron chi connectivity index (χ1n) is 6.83. The Hall–Kier alpha value is -1.64. The van der Waals surface area contributed by atoms with Gasteiger partial charge in [-0.15, -0.1) is 0 Å². The van der Waals surface area contributed by atoms with Crippen molar-refractivity contribution >= 4 is 12.3 Å². The van der Waals surface area contributed by atoms with Crippen LogP contribution in [0.3, 0.4) is 0 Å². The van der Waals surface area contributed by atoms with Gasteiger partial charge in [-0.05, 0) is 30.5 Å². The van der Waals surface area contributed by atoms with E-state index in [2.05, 4.69) is 6.92 Å². The van der Waals surface area contributed by atoms with Gasteiger partial charge in [-0.3, -0.25) is 4.79 Å². The van der Waals surface area contributed by atoms with Crippen molar-refractivity contribution in [1.82, 2.24) is 0 Å². The van der Waals surface area contributed by atoms with Crippen LogP contribution in [0, 0.1) is 0 Å². The summed E-state index contributed by atoms with van der Waals surface area (Å²) in [5.74, 6) is 0.179. The maximum absolute atomic E-state index is 11.5. The molecule has 0 radical (unpaired) electrons. The molecule has 0 aliphatic carbocycles. The van der Waals surface area contributed by atoms with E-state index in [-0.39, 0.29) is 5.97 Å². The largest absolute Gasteiger partial charge is 0.427 e. The number of esters is 1. The average molecular weight is 262 g/mol. The molecule has 0 saturated carbocycles. The second kappa shape index (κ2) is 7.07. The summed E-state index contributed by atoms with van der Waals surface area (Å²) in [5.41, 5.74) is 0.583. The van der Waals surface area contributed by atoms with Crippen molar-refractivity contribution in [3.8, 4) is 5.75 Å². The molecule has 0 aliphatic heterocycles. The highest BCUT2D eigenvalue weighted by Gasteiger charge is 2.29. The van der Waals surface area contributed by atoms with Crippen LogP contribution >= 0.6 is 0 Å². The summed E-state index contributed by atoms with van der Waals surface area (Å²) < 4.78 is 5.00. The van der Waals surface area contributed by atoms with Crippen LogP contribution in [0.1, 0.15) is 52.0 Å². The molecule has 3 heteroatoms. The Morgan fingerprint density at radius 2 is 1.89 bits per heavy atom. The summed E-state index contributed by atoms with van der Waals surface area (Å²) in [5, 5.41) is 0. The molecule has 1 aromatic carbocycles. The molecule has 3 nitrogen and oxygen atoms in total. The molecule has 0 N–H and O–H groups in total. The van der Waals surface area contributed by atoms with Gasteiger partial charge in [-0.25, -0.2) is 0 Å². The van der Waals surface area contributed by atoms with Crippen LogP contribution in [0.15, 0.2) is 24.3 Å². The Morgan fingerprint density at radius 3 is 2.32 bits per heavy atom. The minimum absolute atomic E-state index is 0.337. The van der Waals surface area contributed by atoms with E-state index in [9.17, 15) is 9.59 Å². The Labute approximate surface area is 115 Å². The van der Waals surface area contributed by atoms with E-state index in [1.54, 1.807) is 12.1 Å². The SMILES string of the molecule is CCCCC(C=O)(CC)c1ccc(OC(C)=O)cc1. The molecule has 1 atom stereocenters. The molecule has 0 spiro atoms. The Balaban J connectivity index is 2.96. The Kier molecular flexibility index (Phi) is 5.74. The van der Waals surface area contributed by atoms with Crippen molar-refractivity contribution < 1.29 is 14.3 Å². The van der Waals surface area contributed by atoms with E-state index in [1.807, 2.05) is 19.1 Å². The van der Waals surface area contributed by atoms with Crippen LogP contribution in [0.5, 0.6) is 5.75 Å². The number of rotatable bonds is 7. The van der Waals surface area contributed by atoms with Crippen LogP contribution in [-0.4, -0.2) is 12.3 Å². The highest BCUT2D eigenvalue weighted by atomic mass is 16.5. The van der Waals surface area contributed by atoms with Gasteiger partial charge in [0.2, 0.25) is 0 Å². The maximum Gasteiger partial charge on any atom is 0.308 e. The summed E-state index contributed by atoms with van der Waals surface area (Å²) in [7, 11) is 0. The molecule has 0 heterocycles. The predicted molar refractivity (Wildman–Crippen MR) is 75.3 cm³/mol. The zero-order valence-electron chi connectivity index (χ0n) is 11.9. The number of hydrogen-bond donors (Lipinski definition) is 0. The van der Waals surface area contributed by atoms with Gasteiger partial charge >= 0.3 is 5.97 Å². The van der Waals surface area contributed by atoms with Gasteiger partial charge in [-0.2, -0.15) is 0 Å². The molecule has 104 valence electrons. The van der Waals surface area contributed by atoms with E-state index < -0.39 is 5.41 Å². The normalized spacial score (nSPS) is 13.6. The van der Waals surface area contributed by atoms with Gasteiger partial charge < -0.3 is 9.53 Å². The fourth-order valence-electron chi connectivity index (χ4n) is 2.25. The van der Waals surface area contributed by atoms with Crippen LogP contribution in [0.4, 0.5) is 0 Å². The molecular formula is C16H22O3. The van der Waals surface area contributed by atoms with Gasteiger partial charge in [0.15, 0.2) is 0 Å². The van der Waals surface area contributed by atoms with Gasteiger partial charge in [0.05, 0.1) is 5.41 Å². The van der Waals surface area contributed by atoms with Crippen LogP contribution in [-0.2, 0) is 15.0 Å². The van der Waals surface area contributed by atoms with Gasteiger partial charge in [-0.1, -0.05) is 38.8 Å². The molecule has 0 aliphatic rings. The minimum Gasteiger partial charge on any atom is -0.427 e. The van der Waals surface area contributed by atoms with Gasteiger partial charge in [0.25, 0.3) is 0 Å². The average Bonchev–Trinajstić information content (AvgIpc) is 2.41. The fourth-order valence-corrected chi connectivity index (χ4v) is 2.25. The molecule has 0 aromatic heterocycles. The van der Waals surface area contributed by atoms with Crippen molar-refractivity contribution in [3.05, 3.63) is 29.8 Å². The molecule has 0 amide bonds. The molecule has 1 unspecified atom stereocenters. The highest BCUT2D eigenvalue weighted by molar-refractivity contribution is 5.70. The Morgan fingerprint density at radius 1 is 1.26 bits per heavy atom. The van der Waals surface area contributed by atoms with Gasteiger partial charge in [0.1, 0.15) is 12.0 Å². The summed E-state index contributed by atoms with van der Waals surface area (Å²) in [4.78, 5) is 22.4. The number of hydrogen-bond acceptors (Lipinski definition) is 3. The van der Waals surface area contributed by atoms with E-state index in [0.29, 0.717) is 5.75 Å². The number of benzene rings is 1. The standard InChI is InChI=1S/C16H22O3/c1-4-6-11-16(5-2,12-17)14-7-9-15(10-8-14)19-13(3)18/h7-10,12H,4-6,11H2,1-3H3. The summed E-state index contributed by atoms with van der Waals surface area (Å²) >= 11 is 0. The third-order valence-electron chi connectivity index (χ3n) is 3.52. The summed E-state index contributed by atoms with van der Waals surface area (Å²) in [6, 6.07) is 7.25. The molecule has 0 bridgehead atoms. The fraction of sp³-hybridized carbons (Fsp3) is 0.500. The molecule has 0 fully saturated rings. The van der Waals surface area contributed by atoms with Crippen molar-refractivity contribution in [3.63, 3.8) is 0 Å². The lowest BCUT2D eigenvalue weighted by Gasteiger charge is -2.27. The van der Waals surface area contributed by atoms with Crippen molar-refractivity contribution in [1.29, 1.82) is 0 Å². The quantitative estimate of drug-likeness (QED) is 0.428. The molecule has 1 rings (SSSR count). The zero-order valence-corrected chi connectivity index (χ0v) is 11.9. The number of aldehydes is 1. The van der Waals surface area contributed by atoms with Crippen molar-refractivity contribution in [2.24, 2.45) is 0 Å². The summed E-state index contributed by atoms with van der Waals surface area (Å²) in [6.07, 6.45) is 4.79. The van der Waals surface area contributed by atoms with E-state index in [0.717, 1.165) is 37.5 Å². The van der Waals surface area contributed by atoms with Crippen LogP contribution in [0.2, 0.25) is 0 Å². The number of unbranched alkanes of at least 4 members (excludes halogenated alkanes) is 1. The number of carbonyl (C=O) groups excluding carboxylic acids is 2. The lowest BCUT2D eigenvalue weighted by molar-refractivity contribution is -0.131. The molecular weight excluding hydrogens is 240 g/mol. The van der Waals surface area contributed by atoms with Crippen LogP contribution < -0.4 is 4.74 Å². The van der Waals surface area contributed by atoms with Crippen LogP contribution in [0.25, 0.3) is 0 Å². The van der Waals surface area contributed by atoms with E-state index in [4.69, 9.17) is 4.74 Å². The summed E-state index contributed by atoms with van der Waals surface area (Å²) in [6.45, 7) is 5.52. The number of ether oxygens (including phenoxy) is 1. The van der Waals surface area contributed by atoms with E-state index in [1.165, 1.54) is 6.92 Å². The van der Waals surface area contributed by atoms with Crippen molar-refractivity contribution in [2.75, 3.05) is 0 Å². The predicted octanol–water partition coefficient (Wildman–Crippen LogP) is 3.65. The molecule has 0 saturated heterocycles. The second-order valence-electron chi connectivity index (χ2n) is 4.85. The zero-order chi connectivity index (χ0) is 14.3. The minimum atomic E-state index is -0.412. The topological polar surface area (TPSA) is 43.4 Å². The highest BCUT2D eigenvalue weighted by Crippen LogP contribution is 2.32. The number of carbonyl (C=O) groups is 2. The lowest BCUT2D eigenvalue weighted by Crippen LogP contribution is -2.27. The monoisotopic (exact) mass is 262 g/mol. The molecule has 1 aromatic rings. The van der Waals surface area contributed by atoms with E-state index >= 15 is 0 Å². The third-order valence-corrected chi connectivity index (χ3v) is 3.52. The third kappa shape index (κ3) is 3.91. The first-order valence-corrected chi connectivity index (χ1v) is 6.83. The first-order chi connectivity index (χ1) is 9.07. The van der Waals surface area contributed by atoms with Gasteiger partial charge in [0, 0.05) is 6.92 Å². The first kappa shape index (κ1) is 15.4. The maximum atomic E-state index is 11.5. The van der Waals surface area contributed by atoms with Crippen molar-refractivity contribution in [2.45, 2.75) is 51.9 Å². The lowest BCUT2D eigenvalue weighted by atomic mass is 9.75. The Bertz CT molecular complexity index is 422.